The van der Waals surface area contributed by atoms with Crippen LogP contribution in [0.25, 0.3) is 0 Å². The van der Waals surface area contributed by atoms with Crippen LogP contribution in [0.5, 0.6) is 0 Å². The molecule has 0 aliphatic carbocycles. The molecule has 1 unspecified atom stereocenters. The third-order valence-electron chi connectivity index (χ3n) is 1.65. The fourth-order valence-electron chi connectivity index (χ4n) is 0.902. The third kappa shape index (κ3) is 3.82. The first kappa shape index (κ1) is 11.3. The SMILES string of the molecule is CC(=O)OCC(N)C(=O)Nn1cccc1. The largest absolute Gasteiger partial charge is 0.464 e. The van der Waals surface area contributed by atoms with Crippen LogP contribution >= 0.6 is 0 Å². The number of rotatable bonds is 4. The van der Waals surface area contributed by atoms with E-state index < -0.39 is 17.9 Å². The molecule has 0 aliphatic heterocycles. The number of aromatic nitrogens is 1. The van der Waals surface area contributed by atoms with Gasteiger partial charge >= 0.3 is 5.97 Å². The Morgan fingerprint density at radius 2 is 2.07 bits per heavy atom. The zero-order chi connectivity index (χ0) is 11.3. The number of amides is 1. The maximum atomic E-state index is 11.4. The second kappa shape index (κ2) is 5.16. The highest BCUT2D eigenvalue weighted by Crippen LogP contribution is 1.89. The maximum Gasteiger partial charge on any atom is 0.302 e. The van der Waals surface area contributed by atoms with Crippen LogP contribution in [0.15, 0.2) is 24.5 Å². The minimum absolute atomic E-state index is 0.123. The number of esters is 1. The van der Waals surface area contributed by atoms with Gasteiger partial charge < -0.3 is 10.5 Å². The number of carbonyl (C=O) groups excluding carboxylic acids is 2. The van der Waals surface area contributed by atoms with E-state index in [1.54, 1.807) is 24.5 Å². The number of ether oxygens (including phenoxy) is 1. The summed E-state index contributed by atoms with van der Waals surface area (Å²) in [5, 5.41) is 0. The second-order valence-electron chi connectivity index (χ2n) is 2.98. The van der Waals surface area contributed by atoms with E-state index in [2.05, 4.69) is 10.2 Å². The molecule has 0 radical (unpaired) electrons. The van der Waals surface area contributed by atoms with E-state index >= 15 is 0 Å². The highest BCUT2D eigenvalue weighted by atomic mass is 16.5. The Bertz CT molecular complexity index is 334. The highest BCUT2D eigenvalue weighted by Gasteiger charge is 2.14. The molecule has 1 heterocycles. The molecule has 1 amide bonds. The zero-order valence-corrected chi connectivity index (χ0v) is 8.34. The molecule has 82 valence electrons. The van der Waals surface area contributed by atoms with Crippen LogP contribution in [-0.2, 0) is 14.3 Å². The summed E-state index contributed by atoms with van der Waals surface area (Å²) in [5.74, 6) is -0.869. The minimum atomic E-state index is -0.865. The molecule has 1 aromatic heterocycles. The van der Waals surface area contributed by atoms with E-state index in [-0.39, 0.29) is 6.61 Å². The van der Waals surface area contributed by atoms with Crippen molar-refractivity contribution in [3.63, 3.8) is 0 Å². The lowest BCUT2D eigenvalue weighted by atomic mass is 10.3. The van der Waals surface area contributed by atoms with Crippen molar-refractivity contribution in [3.8, 4) is 0 Å². The van der Waals surface area contributed by atoms with E-state index in [0.717, 1.165) is 0 Å². The van der Waals surface area contributed by atoms with E-state index in [1.165, 1.54) is 11.6 Å². The predicted molar refractivity (Wildman–Crippen MR) is 53.4 cm³/mol. The van der Waals surface area contributed by atoms with Crippen molar-refractivity contribution in [2.45, 2.75) is 13.0 Å². The van der Waals surface area contributed by atoms with Gasteiger partial charge in [-0.1, -0.05) is 0 Å². The van der Waals surface area contributed by atoms with Crippen molar-refractivity contribution in [1.29, 1.82) is 0 Å². The quantitative estimate of drug-likeness (QED) is 0.654. The maximum absolute atomic E-state index is 11.4. The van der Waals surface area contributed by atoms with Gasteiger partial charge in [-0.25, -0.2) is 0 Å². The summed E-state index contributed by atoms with van der Waals surface area (Å²) in [6, 6.07) is 2.66. The first-order valence-electron chi connectivity index (χ1n) is 4.42. The predicted octanol–water partition coefficient (Wildman–Crippen LogP) is -0.551. The van der Waals surface area contributed by atoms with Gasteiger partial charge in [0.05, 0.1) is 0 Å². The minimum Gasteiger partial charge on any atom is -0.464 e. The van der Waals surface area contributed by atoms with Crippen LogP contribution in [0.3, 0.4) is 0 Å². The molecule has 3 N–H and O–H groups in total. The Hall–Kier alpha value is -1.82. The Kier molecular flexibility index (Phi) is 3.87. The number of carbonyl (C=O) groups is 2. The number of hydrogen-bond acceptors (Lipinski definition) is 4. The molecular formula is C9H13N3O3. The zero-order valence-electron chi connectivity index (χ0n) is 8.34. The fourth-order valence-corrected chi connectivity index (χ4v) is 0.902. The standard InChI is InChI=1S/C9H13N3O3/c1-7(13)15-6-8(10)9(14)11-12-4-2-3-5-12/h2-5,8H,6,10H2,1H3,(H,11,14). The van der Waals surface area contributed by atoms with E-state index in [1.807, 2.05) is 0 Å². The first-order valence-corrected chi connectivity index (χ1v) is 4.42. The lowest BCUT2D eigenvalue weighted by Gasteiger charge is -2.12. The summed E-state index contributed by atoms with van der Waals surface area (Å²) in [7, 11) is 0. The van der Waals surface area contributed by atoms with Crippen molar-refractivity contribution < 1.29 is 14.3 Å². The van der Waals surface area contributed by atoms with Crippen molar-refractivity contribution in [2.24, 2.45) is 5.73 Å². The summed E-state index contributed by atoms with van der Waals surface area (Å²) in [6.07, 6.45) is 3.33. The molecular weight excluding hydrogens is 198 g/mol. The normalized spacial score (nSPS) is 11.9. The molecule has 1 atom stereocenters. The summed E-state index contributed by atoms with van der Waals surface area (Å²) >= 11 is 0. The highest BCUT2D eigenvalue weighted by molar-refractivity contribution is 5.88. The van der Waals surface area contributed by atoms with Crippen molar-refractivity contribution in [3.05, 3.63) is 24.5 Å². The Morgan fingerprint density at radius 3 is 2.60 bits per heavy atom. The van der Waals surface area contributed by atoms with Gasteiger partial charge in [0.1, 0.15) is 12.6 Å². The summed E-state index contributed by atoms with van der Waals surface area (Å²) < 4.78 is 6.08. The van der Waals surface area contributed by atoms with Crippen molar-refractivity contribution in [1.82, 2.24) is 4.68 Å². The fraction of sp³-hybridized carbons (Fsp3) is 0.333. The number of nitrogens with two attached hydrogens (primary N) is 1. The molecule has 0 bridgehead atoms. The van der Waals surface area contributed by atoms with Crippen LogP contribution in [-0.4, -0.2) is 29.2 Å². The van der Waals surface area contributed by atoms with E-state index in [9.17, 15) is 9.59 Å². The number of nitrogens with one attached hydrogen (secondary N) is 1. The average Bonchev–Trinajstić information content (AvgIpc) is 2.66. The van der Waals surface area contributed by atoms with E-state index in [0.29, 0.717) is 0 Å². The lowest BCUT2D eigenvalue weighted by molar-refractivity contribution is -0.142. The van der Waals surface area contributed by atoms with Crippen LogP contribution in [0, 0.1) is 0 Å². The topological polar surface area (TPSA) is 86.3 Å². The van der Waals surface area contributed by atoms with Crippen LogP contribution in [0.4, 0.5) is 0 Å². The van der Waals surface area contributed by atoms with Crippen molar-refractivity contribution >= 4 is 11.9 Å². The molecule has 1 aromatic rings. The van der Waals surface area contributed by atoms with Gasteiger partial charge in [0, 0.05) is 19.3 Å². The van der Waals surface area contributed by atoms with Gasteiger partial charge in [0.25, 0.3) is 5.91 Å². The molecule has 0 aromatic carbocycles. The summed E-state index contributed by atoms with van der Waals surface area (Å²) in [5.41, 5.74) is 7.99. The number of nitrogens with zero attached hydrogens (tertiary/aromatic N) is 1. The van der Waals surface area contributed by atoms with Gasteiger partial charge in [0.2, 0.25) is 0 Å². The van der Waals surface area contributed by atoms with Gasteiger partial charge in [-0.2, -0.15) is 0 Å². The average molecular weight is 211 g/mol. The van der Waals surface area contributed by atoms with E-state index in [4.69, 9.17) is 5.73 Å². The smallest absolute Gasteiger partial charge is 0.302 e. The van der Waals surface area contributed by atoms with Crippen LogP contribution < -0.4 is 11.2 Å². The lowest BCUT2D eigenvalue weighted by Crippen LogP contribution is -2.42. The van der Waals surface area contributed by atoms with Crippen LogP contribution in [0.1, 0.15) is 6.92 Å². The molecule has 6 heteroatoms. The second-order valence-corrected chi connectivity index (χ2v) is 2.98. The van der Waals surface area contributed by atoms with Gasteiger partial charge in [-0.05, 0) is 12.1 Å². The first-order chi connectivity index (χ1) is 7.09. The van der Waals surface area contributed by atoms with Gasteiger partial charge in [0.15, 0.2) is 0 Å². The van der Waals surface area contributed by atoms with Gasteiger partial charge in [-0.3, -0.25) is 19.7 Å². The molecule has 0 saturated carbocycles. The molecule has 0 aliphatic rings. The molecule has 0 spiro atoms. The molecule has 0 fully saturated rings. The Labute approximate surface area is 87.0 Å². The molecule has 1 rings (SSSR count). The summed E-state index contributed by atoms with van der Waals surface area (Å²) in [6.45, 7) is 1.14. The summed E-state index contributed by atoms with van der Waals surface area (Å²) in [4.78, 5) is 21.8. The van der Waals surface area contributed by atoms with Crippen molar-refractivity contribution in [2.75, 3.05) is 12.0 Å². The molecule has 15 heavy (non-hydrogen) atoms. The molecule has 6 nitrogen and oxygen atoms in total. The van der Waals surface area contributed by atoms with Gasteiger partial charge in [-0.15, -0.1) is 0 Å². The molecule has 0 saturated heterocycles. The number of hydrogen-bond donors (Lipinski definition) is 2. The van der Waals surface area contributed by atoms with Crippen LogP contribution in [0.2, 0.25) is 0 Å². The monoisotopic (exact) mass is 211 g/mol. The third-order valence-corrected chi connectivity index (χ3v) is 1.65. The Balaban J connectivity index is 2.36. The Morgan fingerprint density at radius 1 is 1.47 bits per heavy atom.